The van der Waals surface area contributed by atoms with Crippen molar-refractivity contribution in [3.8, 4) is 6.07 Å². The smallest absolute Gasteiger partial charge is 0.0946 e. The molecule has 16 heavy (non-hydrogen) atoms. The Morgan fingerprint density at radius 3 is 2.00 bits per heavy atom. The Balaban J connectivity index is 3.92. The fourth-order valence-corrected chi connectivity index (χ4v) is 1.88. The normalized spacial score (nSPS) is 12.1. The van der Waals surface area contributed by atoms with E-state index in [-0.39, 0.29) is 0 Å². The van der Waals surface area contributed by atoms with Gasteiger partial charge in [0.15, 0.2) is 0 Å². The molecule has 0 spiro atoms. The van der Waals surface area contributed by atoms with Gasteiger partial charge in [-0.1, -0.05) is 51.5 Å². The lowest BCUT2D eigenvalue weighted by Gasteiger charge is -2.05. The molecule has 92 valence electrons. The molecule has 0 bridgehead atoms. The summed E-state index contributed by atoms with van der Waals surface area (Å²) in [4.78, 5) is 0. The third kappa shape index (κ3) is 7.51. The van der Waals surface area contributed by atoms with Crippen LogP contribution in [0.2, 0.25) is 0 Å². The summed E-state index contributed by atoms with van der Waals surface area (Å²) < 4.78 is 0. The average molecular weight is 221 g/mol. The van der Waals surface area contributed by atoms with E-state index < -0.39 is 0 Å². The first kappa shape index (κ1) is 15.2. The summed E-state index contributed by atoms with van der Waals surface area (Å²) in [5, 5.41) is 9.09. The van der Waals surface area contributed by atoms with Gasteiger partial charge in [-0.05, 0) is 32.6 Å². The van der Waals surface area contributed by atoms with Crippen LogP contribution in [0.25, 0.3) is 0 Å². The minimum Gasteiger partial charge on any atom is -0.193 e. The first-order valence-electron chi connectivity index (χ1n) is 6.84. The van der Waals surface area contributed by atoms with Gasteiger partial charge in [-0.2, -0.15) is 5.26 Å². The molecule has 0 fully saturated rings. The highest BCUT2D eigenvalue weighted by Gasteiger charge is 2.01. The van der Waals surface area contributed by atoms with E-state index >= 15 is 0 Å². The van der Waals surface area contributed by atoms with Gasteiger partial charge in [0.05, 0.1) is 6.07 Å². The molecular formula is C15H27N. The molecule has 0 unspecified atom stereocenters. The van der Waals surface area contributed by atoms with Crippen LogP contribution in [-0.2, 0) is 0 Å². The number of nitriles is 1. The van der Waals surface area contributed by atoms with Crippen LogP contribution in [0.4, 0.5) is 0 Å². The van der Waals surface area contributed by atoms with Gasteiger partial charge in [-0.15, -0.1) is 0 Å². The van der Waals surface area contributed by atoms with E-state index in [1.807, 2.05) is 0 Å². The summed E-state index contributed by atoms with van der Waals surface area (Å²) in [6.07, 6.45) is 10.9. The standard InChI is InChI=1S/C15H27N/c1-4-6-8-10-11-14(3)15(13-16)12-9-7-5-2/h4-12H2,1-3H3. The van der Waals surface area contributed by atoms with E-state index in [1.165, 1.54) is 50.5 Å². The molecule has 0 aromatic heterocycles. The molecular weight excluding hydrogens is 194 g/mol. The van der Waals surface area contributed by atoms with Crippen LogP contribution in [-0.4, -0.2) is 0 Å². The van der Waals surface area contributed by atoms with Crippen LogP contribution in [0.3, 0.4) is 0 Å². The molecule has 0 rings (SSSR count). The van der Waals surface area contributed by atoms with Crippen LogP contribution >= 0.6 is 0 Å². The van der Waals surface area contributed by atoms with Crippen molar-refractivity contribution in [2.24, 2.45) is 0 Å². The Kier molecular flexibility index (Phi) is 10.2. The van der Waals surface area contributed by atoms with Crippen LogP contribution in [0.1, 0.15) is 78.6 Å². The molecule has 0 amide bonds. The van der Waals surface area contributed by atoms with Gasteiger partial charge >= 0.3 is 0 Å². The summed E-state index contributed by atoms with van der Waals surface area (Å²) in [7, 11) is 0. The number of allylic oxidation sites excluding steroid dienone is 2. The van der Waals surface area contributed by atoms with Gasteiger partial charge in [-0.25, -0.2) is 0 Å². The number of rotatable bonds is 9. The van der Waals surface area contributed by atoms with Crippen LogP contribution in [0, 0.1) is 11.3 Å². The lowest BCUT2D eigenvalue weighted by Crippen LogP contribution is -1.89. The summed E-state index contributed by atoms with van der Waals surface area (Å²) >= 11 is 0. The van der Waals surface area contributed by atoms with E-state index in [2.05, 4.69) is 26.8 Å². The molecule has 0 aromatic rings. The zero-order valence-electron chi connectivity index (χ0n) is 11.3. The number of unbranched alkanes of at least 4 members (excludes halogenated alkanes) is 5. The lowest BCUT2D eigenvalue weighted by atomic mass is 9.99. The van der Waals surface area contributed by atoms with E-state index in [9.17, 15) is 0 Å². The van der Waals surface area contributed by atoms with Crippen molar-refractivity contribution in [2.45, 2.75) is 78.6 Å². The molecule has 0 N–H and O–H groups in total. The van der Waals surface area contributed by atoms with E-state index in [1.54, 1.807) is 0 Å². The van der Waals surface area contributed by atoms with Gasteiger partial charge in [-0.3, -0.25) is 0 Å². The minimum absolute atomic E-state index is 0.990. The quantitative estimate of drug-likeness (QED) is 0.379. The zero-order chi connectivity index (χ0) is 12.2. The highest BCUT2D eigenvalue weighted by Crippen LogP contribution is 2.18. The summed E-state index contributed by atoms with van der Waals surface area (Å²) in [6, 6.07) is 2.38. The Hall–Kier alpha value is -0.770. The number of hydrogen-bond acceptors (Lipinski definition) is 1. The Morgan fingerprint density at radius 1 is 0.875 bits per heavy atom. The van der Waals surface area contributed by atoms with Crippen LogP contribution in [0.5, 0.6) is 0 Å². The lowest BCUT2D eigenvalue weighted by molar-refractivity contribution is 0.658. The highest BCUT2D eigenvalue weighted by atomic mass is 14.2. The van der Waals surface area contributed by atoms with Crippen molar-refractivity contribution in [3.63, 3.8) is 0 Å². The second kappa shape index (κ2) is 10.7. The van der Waals surface area contributed by atoms with Gasteiger partial charge < -0.3 is 0 Å². The van der Waals surface area contributed by atoms with Gasteiger partial charge in [0.1, 0.15) is 0 Å². The third-order valence-corrected chi connectivity index (χ3v) is 3.09. The Bertz CT molecular complexity index is 232. The maximum Gasteiger partial charge on any atom is 0.0946 e. The third-order valence-electron chi connectivity index (χ3n) is 3.09. The SMILES string of the molecule is CCCCCCC(C)=C(C#N)CCCCC. The second-order valence-corrected chi connectivity index (χ2v) is 4.64. The fourth-order valence-electron chi connectivity index (χ4n) is 1.88. The fraction of sp³-hybridized carbons (Fsp3) is 0.800. The molecule has 1 nitrogen and oxygen atoms in total. The van der Waals surface area contributed by atoms with Crippen molar-refractivity contribution >= 4 is 0 Å². The van der Waals surface area contributed by atoms with Crippen molar-refractivity contribution < 1.29 is 0 Å². The molecule has 0 radical (unpaired) electrons. The predicted molar refractivity (Wildman–Crippen MR) is 71.2 cm³/mol. The van der Waals surface area contributed by atoms with Crippen molar-refractivity contribution in [1.82, 2.24) is 0 Å². The van der Waals surface area contributed by atoms with Crippen molar-refractivity contribution in [3.05, 3.63) is 11.1 Å². The molecule has 0 aliphatic rings. The zero-order valence-corrected chi connectivity index (χ0v) is 11.3. The molecule has 0 saturated heterocycles. The molecule has 0 atom stereocenters. The summed E-state index contributed by atoms with van der Waals surface area (Å²) in [5.41, 5.74) is 2.37. The second-order valence-electron chi connectivity index (χ2n) is 4.64. The Labute approximate surface area is 102 Å². The maximum atomic E-state index is 9.09. The topological polar surface area (TPSA) is 23.8 Å². The van der Waals surface area contributed by atoms with Crippen molar-refractivity contribution in [1.29, 1.82) is 5.26 Å². The molecule has 0 saturated carbocycles. The monoisotopic (exact) mass is 221 g/mol. The van der Waals surface area contributed by atoms with E-state index in [0.717, 1.165) is 18.4 Å². The summed E-state index contributed by atoms with van der Waals surface area (Å²) in [6.45, 7) is 6.57. The molecule has 0 aliphatic carbocycles. The first-order valence-corrected chi connectivity index (χ1v) is 6.84. The Morgan fingerprint density at radius 2 is 1.44 bits per heavy atom. The molecule has 1 heteroatoms. The van der Waals surface area contributed by atoms with Crippen molar-refractivity contribution in [2.75, 3.05) is 0 Å². The predicted octanol–water partition coefficient (Wildman–Crippen LogP) is 5.38. The van der Waals surface area contributed by atoms with E-state index in [4.69, 9.17) is 5.26 Å². The summed E-state index contributed by atoms with van der Waals surface area (Å²) in [5.74, 6) is 0. The van der Waals surface area contributed by atoms with Gasteiger partial charge in [0.25, 0.3) is 0 Å². The number of nitrogens with zero attached hydrogens (tertiary/aromatic N) is 1. The number of hydrogen-bond donors (Lipinski definition) is 0. The maximum absolute atomic E-state index is 9.09. The largest absolute Gasteiger partial charge is 0.193 e. The van der Waals surface area contributed by atoms with Gasteiger partial charge in [0.2, 0.25) is 0 Å². The minimum atomic E-state index is 0.990. The van der Waals surface area contributed by atoms with E-state index in [0.29, 0.717) is 0 Å². The highest BCUT2D eigenvalue weighted by molar-refractivity contribution is 5.26. The van der Waals surface area contributed by atoms with Gasteiger partial charge in [0, 0.05) is 5.57 Å². The molecule has 0 aliphatic heterocycles. The molecule has 0 heterocycles. The van der Waals surface area contributed by atoms with Crippen LogP contribution in [0.15, 0.2) is 11.1 Å². The van der Waals surface area contributed by atoms with Crippen LogP contribution < -0.4 is 0 Å². The average Bonchev–Trinajstić information content (AvgIpc) is 2.30. The molecule has 0 aromatic carbocycles. The first-order chi connectivity index (χ1) is 7.76.